The molecule has 0 unspecified atom stereocenters. The van der Waals surface area contributed by atoms with Gasteiger partial charge >= 0.3 is 0 Å². The SMILES string of the molecule is CCCCCCCCC1(CCCCCCCC)c2cc([NH2+]Cc3ccccc3)ccc2-c2ccc(-c3ccc4c(c3)C(CCCCCCCC)(CCCCCCCC)c3cc(-c5ccc6c(c5)C(CCCCCCCC)(CCCCCCCC)c5cc([NH2+]Cc7ccccc7)ccc5-6)ccc3-4)cc21. The lowest BCUT2D eigenvalue weighted by Gasteiger charge is -2.34. The van der Waals surface area contributed by atoms with Crippen LogP contribution in [0.4, 0.5) is 11.4 Å². The van der Waals surface area contributed by atoms with Gasteiger partial charge in [0.15, 0.2) is 0 Å². The van der Waals surface area contributed by atoms with Gasteiger partial charge in [0.25, 0.3) is 0 Å². The van der Waals surface area contributed by atoms with Crippen molar-refractivity contribution < 1.29 is 10.6 Å². The van der Waals surface area contributed by atoms with Crippen LogP contribution in [-0.2, 0) is 29.3 Å². The van der Waals surface area contributed by atoms with Crippen molar-refractivity contribution in [2.75, 3.05) is 0 Å². The number of hydrogen-bond acceptors (Lipinski definition) is 0. The summed E-state index contributed by atoms with van der Waals surface area (Å²) in [6.45, 7) is 16.1. The molecule has 4 N–H and O–H groups in total. The molecule has 0 aromatic heterocycles. The minimum Gasteiger partial charge on any atom is -0.310 e. The molecule has 0 atom stereocenters. The maximum absolute atomic E-state index is 2.78. The van der Waals surface area contributed by atoms with Crippen molar-refractivity contribution in [2.24, 2.45) is 0 Å². The molecule has 2 nitrogen and oxygen atoms in total. The Hall–Kier alpha value is -6.32. The third kappa shape index (κ3) is 19.5. The number of quaternary nitrogens is 2. The van der Waals surface area contributed by atoms with Crippen LogP contribution in [0, 0.1) is 0 Å². The summed E-state index contributed by atoms with van der Waals surface area (Å²) >= 11 is 0. The van der Waals surface area contributed by atoms with Crippen molar-refractivity contribution in [3.05, 3.63) is 214 Å². The van der Waals surface area contributed by atoms with Crippen molar-refractivity contribution in [3.63, 3.8) is 0 Å². The largest absolute Gasteiger partial charge is 0.310 e. The van der Waals surface area contributed by atoms with E-state index in [2.05, 4.69) is 222 Å². The molecule has 0 heterocycles. The zero-order valence-corrected chi connectivity index (χ0v) is 65.9. The van der Waals surface area contributed by atoms with Gasteiger partial charge in [0, 0.05) is 39.5 Å². The first-order valence-corrected chi connectivity index (χ1v) is 43.5. The van der Waals surface area contributed by atoms with E-state index in [-0.39, 0.29) is 16.2 Å². The van der Waals surface area contributed by atoms with Gasteiger partial charge < -0.3 is 10.6 Å². The molecule has 550 valence electrons. The normalized spacial score (nSPS) is 14.0. The number of rotatable bonds is 50. The molecule has 0 fully saturated rings. The topological polar surface area (TPSA) is 33.2 Å². The van der Waals surface area contributed by atoms with Crippen molar-refractivity contribution in [2.45, 2.75) is 341 Å². The highest BCUT2D eigenvalue weighted by Crippen LogP contribution is 2.60. The monoisotopic (exact) mass is 1380 g/mol. The minimum absolute atomic E-state index is 0.0119. The average molecular weight is 1380 g/mol. The molecule has 2 heteroatoms. The Bertz CT molecular complexity index is 3540. The van der Waals surface area contributed by atoms with Crippen LogP contribution in [0.5, 0.6) is 0 Å². The van der Waals surface area contributed by atoms with Crippen molar-refractivity contribution >= 4 is 11.4 Å². The zero-order chi connectivity index (χ0) is 71.4. The second-order valence-electron chi connectivity index (χ2n) is 32.8. The number of nitrogens with two attached hydrogens (primary N) is 2. The van der Waals surface area contributed by atoms with E-state index in [1.165, 1.54) is 348 Å². The molecule has 3 aliphatic rings. The van der Waals surface area contributed by atoms with E-state index in [1.54, 1.807) is 33.4 Å². The van der Waals surface area contributed by atoms with E-state index < -0.39 is 0 Å². The van der Waals surface area contributed by atoms with Crippen LogP contribution < -0.4 is 10.6 Å². The first-order chi connectivity index (χ1) is 50.8. The summed E-state index contributed by atoms with van der Waals surface area (Å²) in [7, 11) is 0. The first-order valence-electron chi connectivity index (χ1n) is 43.5. The Labute approximate surface area is 628 Å². The molecule has 0 bridgehead atoms. The minimum atomic E-state index is -0.0654. The van der Waals surface area contributed by atoms with Gasteiger partial charge in [-0.05, 0) is 176 Å². The first kappa shape index (κ1) is 77.8. The summed E-state index contributed by atoms with van der Waals surface area (Å²) < 4.78 is 0. The van der Waals surface area contributed by atoms with E-state index in [1.807, 2.05) is 0 Å². The van der Waals surface area contributed by atoms with Crippen LogP contribution in [-0.4, -0.2) is 0 Å². The number of hydrogen-bond donors (Lipinski definition) is 2. The van der Waals surface area contributed by atoms with Gasteiger partial charge in [0.1, 0.15) is 24.5 Å². The fourth-order valence-corrected chi connectivity index (χ4v) is 19.4. The third-order valence-corrected chi connectivity index (χ3v) is 25.4. The molecule has 103 heavy (non-hydrogen) atoms. The lowest BCUT2D eigenvalue weighted by Crippen LogP contribution is -2.76. The number of unbranched alkanes of at least 4 members (excludes halogenated alkanes) is 30. The Morgan fingerprint density at radius 2 is 0.408 bits per heavy atom. The summed E-state index contributed by atoms with van der Waals surface area (Å²) in [6, 6.07) is 69.2. The van der Waals surface area contributed by atoms with Gasteiger partial charge in [-0.2, -0.15) is 0 Å². The molecular weight excluding hydrogens is 1240 g/mol. The van der Waals surface area contributed by atoms with Gasteiger partial charge in [-0.25, -0.2) is 0 Å². The standard InChI is InChI=1S/C101H136N2/c1-7-13-19-25-31-43-65-99(66-44-32-26-20-14-8-2)93-71-81(83-55-61-89-91-63-57-85(102-77-79-49-39-37-40-50-79)75-97(91)100(95(89)73-83,67-45-33-27-21-15-9-3)68-46-34-28-22-16-10-4)53-59-87(93)88-60-54-82(72-94(88)99)84-56-62-90-92-64-58-86(103-78-80-51-41-38-42-52-80)76-98(92)101(96(90)74-84,69-47-35-29-23-17-11-5)70-48-36-30-24-18-12-6/h37-42,49-64,71-76,102-103H,7-36,43-48,65-70,77-78H2,1-6H3/p+2. The van der Waals surface area contributed by atoms with Gasteiger partial charge in [-0.15, -0.1) is 0 Å². The molecular formula is C101H138N2+2. The van der Waals surface area contributed by atoms with Crippen LogP contribution in [0.2, 0.25) is 0 Å². The summed E-state index contributed by atoms with van der Waals surface area (Å²) in [5.74, 6) is 0. The molecule has 3 aliphatic carbocycles. The summed E-state index contributed by atoms with van der Waals surface area (Å²) in [5.41, 5.74) is 29.7. The fraction of sp³-hybridized carbons (Fsp3) is 0.525. The summed E-state index contributed by atoms with van der Waals surface area (Å²) in [6.07, 6.45) is 55.0. The van der Waals surface area contributed by atoms with E-state index in [0.717, 1.165) is 13.1 Å². The van der Waals surface area contributed by atoms with Crippen LogP contribution >= 0.6 is 0 Å². The van der Waals surface area contributed by atoms with Gasteiger partial charge in [0.05, 0.1) is 0 Å². The molecule has 0 saturated heterocycles. The maximum atomic E-state index is 2.78. The quantitative estimate of drug-likeness (QED) is 0.0281. The third-order valence-electron chi connectivity index (χ3n) is 25.4. The lowest BCUT2D eigenvalue weighted by molar-refractivity contribution is -0.588. The summed E-state index contributed by atoms with van der Waals surface area (Å²) in [5, 5.41) is 5.01. The van der Waals surface area contributed by atoms with Crippen molar-refractivity contribution in [3.8, 4) is 55.6 Å². The highest BCUT2D eigenvalue weighted by atomic mass is 14.9. The van der Waals surface area contributed by atoms with E-state index in [0.29, 0.717) is 0 Å². The van der Waals surface area contributed by atoms with Crippen LogP contribution in [0.25, 0.3) is 55.6 Å². The van der Waals surface area contributed by atoms with E-state index >= 15 is 0 Å². The van der Waals surface area contributed by atoms with E-state index in [4.69, 9.17) is 0 Å². The molecule has 0 radical (unpaired) electrons. The lowest BCUT2D eigenvalue weighted by atomic mass is 9.69. The zero-order valence-electron chi connectivity index (χ0n) is 65.9. The van der Waals surface area contributed by atoms with Crippen molar-refractivity contribution in [1.29, 1.82) is 0 Å². The second-order valence-corrected chi connectivity index (χ2v) is 32.8. The highest BCUT2D eigenvalue weighted by Gasteiger charge is 2.47. The summed E-state index contributed by atoms with van der Waals surface area (Å²) in [4.78, 5) is 0. The van der Waals surface area contributed by atoms with Crippen LogP contribution in [0.3, 0.4) is 0 Å². The van der Waals surface area contributed by atoms with Crippen molar-refractivity contribution in [1.82, 2.24) is 0 Å². The number of benzene rings is 8. The Kier molecular flexibility index (Phi) is 30.5. The molecule has 8 aromatic carbocycles. The Morgan fingerprint density at radius 1 is 0.204 bits per heavy atom. The second kappa shape index (κ2) is 40.4. The molecule has 8 aromatic rings. The smallest absolute Gasteiger partial charge is 0.130 e. The molecule has 0 amide bonds. The highest BCUT2D eigenvalue weighted by molar-refractivity contribution is 5.90. The van der Waals surface area contributed by atoms with E-state index in [9.17, 15) is 0 Å². The molecule has 0 spiro atoms. The Morgan fingerprint density at radius 3 is 0.641 bits per heavy atom. The van der Waals surface area contributed by atoms with Crippen LogP contribution in [0.1, 0.15) is 356 Å². The predicted octanol–water partition coefficient (Wildman–Crippen LogP) is 29.1. The van der Waals surface area contributed by atoms with Gasteiger partial charge in [-0.1, -0.05) is 382 Å². The molecule has 0 aliphatic heterocycles. The molecule has 11 rings (SSSR count). The fourth-order valence-electron chi connectivity index (χ4n) is 19.4. The van der Waals surface area contributed by atoms with Gasteiger partial charge in [0.2, 0.25) is 0 Å². The van der Waals surface area contributed by atoms with Crippen LogP contribution in [0.15, 0.2) is 170 Å². The molecule has 0 saturated carbocycles. The Balaban J connectivity index is 1.01. The maximum Gasteiger partial charge on any atom is 0.130 e. The number of fused-ring (bicyclic) bond motifs is 9. The average Bonchev–Trinajstić information content (AvgIpc) is 1.57. The predicted molar refractivity (Wildman–Crippen MR) is 447 cm³/mol. The van der Waals surface area contributed by atoms with Gasteiger partial charge in [-0.3, -0.25) is 0 Å².